The normalized spacial score (nSPS) is 13.2. The van der Waals surface area contributed by atoms with Gasteiger partial charge in [0.15, 0.2) is 12.7 Å². The van der Waals surface area contributed by atoms with Crippen molar-refractivity contribution in [2.24, 2.45) is 5.41 Å². The minimum absolute atomic E-state index is 0.0838. The van der Waals surface area contributed by atoms with Crippen molar-refractivity contribution < 1.29 is 19.1 Å². The van der Waals surface area contributed by atoms with Crippen LogP contribution < -0.4 is 15.4 Å². The number of para-hydroxylation sites is 1. The van der Waals surface area contributed by atoms with Crippen LogP contribution in [-0.4, -0.2) is 38.1 Å². The molecular formula is C23H30N2O4. The van der Waals surface area contributed by atoms with E-state index in [2.05, 4.69) is 10.6 Å². The molecule has 2 N–H and O–H groups in total. The molecule has 0 aromatic heterocycles. The monoisotopic (exact) mass is 398 g/mol. The minimum atomic E-state index is -0.710. The fourth-order valence-corrected chi connectivity index (χ4v) is 2.78. The van der Waals surface area contributed by atoms with E-state index in [1.54, 1.807) is 12.1 Å². The minimum Gasteiger partial charge on any atom is -0.484 e. The molecule has 29 heavy (non-hydrogen) atoms. The number of methoxy groups -OCH3 is 1. The first-order chi connectivity index (χ1) is 13.8. The molecule has 0 saturated heterocycles. The number of benzene rings is 2. The Balaban J connectivity index is 1.93. The quantitative estimate of drug-likeness (QED) is 0.681. The van der Waals surface area contributed by atoms with Gasteiger partial charge in [0.05, 0.1) is 6.04 Å². The lowest BCUT2D eigenvalue weighted by Crippen LogP contribution is -2.52. The van der Waals surface area contributed by atoms with Crippen LogP contribution in [0.2, 0.25) is 0 Å². The Labute approximate surface area is 172 Å². The van der Waals surface area contributed by atoms with E-state index >= 15 is 0 Å². The third kappa shape index (κ3) is 7.23. The zero-order valence-electron chi connectivity index (χ0n) is 17.5. The molecule has 2 aromatic carbocycles. The number of carbonyl (C=O) groups excluding carboxylic acids is 2. The third-order valence-corrected chi connectivity index (χ3v) is 4.55. The molecule has 0 aliphatic rings. The fourth-order valence-electron chi connectivity index (χ4n) is 2.78. The summed E-state index contributed by atoms with van der Waals surface area (Å²) in [6, 6.07) is 18.2. The van der Waals surface area contributed by atoms with Crippen LogP contribution in [0.1, 0.15) is 32.4 Å². The van der Waals surface area contributed by atoms with E-state index < -0.39 is 6.10 Å². The number of amides is 2. The van der Waals surface area contributed by atoms with Gasteiger partial charge < -0.3 is 20.1 Å². The van der Waals surface area contributed by atoms with Crippen LogP contribution >= 0.6 is 0 Å². The summed E-state index contributed by atoms with van der Waals surface area (Å²) in [7, 11) is 1.51. The summed E-state index contributed by atoms with van der Waals surface area (Å²) in [5, 5.41) is 5.86. The Morgan fingerprint density at radius 2 is 1.55 bits per heavy atom. The molecule has 0 aliphatic carbocycles. The molecule has 2 rings (SSSR count). The molecule has 0 aliphatic heterocycles. The summed E-state index contributed by atoms with van der Waals surface area (Å²) in [5.74, 6) is 0.145. The van der Waals surface area contributed by atoms with Gasteiger partial charge in [-0.25, -0.2) is 0 Å². The average Bonchev–Trinajstić information content (AvgIpc) is 2.71. The van der Waals surface area contributed by atoms with Gasteiger partial charge in [-0.2, -0.15) is 0 Å². The lowest BCUT2D eigenvalue weighted by Gasteiger charge is -2.32. The van der Waals surface area contributed by atoms with Crippen molar-refractivity contribution in [3.63, 3.8) is 0 Å². The van der Waals surface area contributed by atoms with Gasteiger partial charge >= 0.3 is 0 Å². The highest BCUT2D eigenvalue weighted by Crippen LogP contribution is 2.22. The maximum absolute atomic E-state index is 12.8. The van der Waals surface area contributed by atoms with Gasteiger partial charge in [0.1, 0.15) is 5.75 Å². The summed E-state index contributed by atoms with van der Waals surface area (Å²) < 4.78 is 10.9. The molecule has 156 valence electrons. The van der Waals surface area contributed by atoms with E-state index in [1.807, 2.05) is 69.3 Å². The SMILES string of the molecule is CO[C@@H](C(=O)NC(CNC(=O)COc1ccccc1)C(C)(C)C)c1ccccc1. The first-order valence-electron chi connectivity index (χ1n) is 9.64. The molecule has 6 heteroatoms. The molecular weight excluding hydrogens is 368 g/mol. The summed E-state index contributed by atoms with van der Waals surface area (Å²) in [5.41, 5.74) is 0.513. The molecule has 6 nitrogen and oxygen atoms in total. The highest BCUT2D eigenvalue weighted by molar-refractivity contribution is 5.83. The van der Waals surface area contributed by atoms with E-state index in [0.29, 0.717) is 5.75 Å². The molecule has 0 heterocycles. The molecule has 2 atom stereocenters. The topological polar surface area (TPSA) is 76.7 Å². The van der Waals surface area contributed by atoms with Crippen LogP contribution in [0.25, 0.3) is 0 Å². The number of carbonyl (C=O) groups is 2. The van der Waals surface area contributed by atoms with Gasteiger partial charge in [-0.05, 0) is 23.1 Å². The molecule has 0 radical (unpaired) electrons. The fraction of sp³-hybridized carbons (Fsp3) is 0.391. The number of rotatable bonds is 9. The van der Waals surface area contributed by atoms with Crippen molar-refractivity contribution in [3.05, 3.63) is 66.2 Å². The van der Waals surface area contributed by atoms with Crippen LogP contribution in [0, 0.1) is 5.41 Å². The largest absolute Gasteiger partial charge is 0.484 e. The van der Waals surface area contributed by atoms with E-state index in [1.165, 1.54) is 7.11 Å². The molecule has 1 unspecified atom stereocenters. The zero-order chi connectivity index (χ0) is 21.3. The van der Waals surface area contributed by atoms with Crippen LogP contribution in [-0.2, 0) is 14.3 Å². The van der Waals surface area contributed by atoms with Crippen LogP contribution in [0.3, 0.4) is 0 Å². The molecule has 0 fully saturated rings. The van der Waals surface area contributed by atoms with Gasteiger partial charge in [-0.3, -0.25) is 9.59 Å². The number of hydrogen-bond acceptors (Lipinski definition) is 4. The number of ether oxygens (including phenoxy) is 2. The van der Waals surface area contributed by atoms with Crippen LogP contribution in [0.15, 0.2) is 60.7 Å². The molecule has 0 saturated carbocycles. The van der Waals surface area contributed by atoms with Gasteiger partial charge in [0.2, 0.25) is 0 Å². The van der Waals surface area contributed by atoms with E-state index in [9.17, 15) is 9.59 Å². The zero-order valence-corrected chi connectivity index (χ0v) is 17.5. The Morgan fingerprint density at radius 1 is 0.966 bits per heavy atom. The molecule has 2 amide bonds. The second-order valence-electron chi connectivity index (χ2n) is 7.86. The van der Waals surface area contributed by atoms with Gasteiger partial charge in [0, 0.05) is 13.7 Å². The smallest absolute Gasteiger partial charge is 0.258 e. The van der Waals surface area contributed by atoms with Gasteiger partial charge in [-0.1, -0.05) is 69.3 Å². The Morgan fingerprint density at radius 3 is 2.10 bits per heavy atom. The second-order valence-corrected chi connectivity index (χ2v) is 7.86. The van der Waals surface area contributed by atoms with Crippen molar-refractivity contribution in [1.29, 1.82) is 0 Å². The summed E-state index contributed by atoms with van der Waals surface area (Å²) in [6.45, 7) is 6.23. The molecule has 0 bridgehead atoms. The maximum atomic E-state index is 12.8. The maximum Gasteiger partial charge on any atom is 0.258 e. The standard InChI is InChI=1S/C23H30N2O4/c1-23(2,3)19(15-24-20(26)16-29-18-13-9-6-10-14-18)25-22(27)21(28-4)17-11-7-5-8-12-17/h5-14,19,21H,15-16H2,1-4H3,(H,24,26)(H,25,27)/t19?,21-/m1/s1. The summed E-state index contributed by atoms with van der Waals surface area (Å²) in [4.78, 5) is 25.0. The predicted octanol–water partition coefficient (Wildman–Crippen LogP) is 3.10. The summed E-state index contributed by atoms with van der Waals surface area (Å²) >= 11 is 0. The highest BCUT2D eigenvalue weighted by Gasteiger charge is 2.30. The predicted molar refractivity (Wildman–Crippen MR) is 113 cm³/mol. The van der Waals surface area contributed by atoms with E-state index in [-0.39, 0.29) is 36.4 Å². The van der Waals surface area contributed by atoms with E-state index in [4.69, 9.17) is 9.47 Å². The Hall–Kier alpha value is -2.86. The Bertz CT molecular complexity index is 772. The molecule has 2 aromatic rings. The number of nitrogens with one attached hydrogen (secondary N) is 2. The van der Waals surface area contributed by atoms with Crippen molar-refractivity contribution in [2.45, 2.75) is 32.9 Å². The lowest BCUT2D eigenvalue weighted by atomic mass is 9.86. The van der Waals surface area contributed by atoms with Crippen molar-refractivity contribution in [3.8, 4) is 5.75 Å². The first kappa shape index (κ1) is 22.4. The van der Waals surface area contributed by atoms with Crippen LogP contribution in [0.4, 0.5) is 0 Å². The third-order valence-electron chi connectivity index (χ3n) is 4.55. The summed E-state index contributed by atoms with van der Waals surface area (Å²) in [6.07, 6.45) is -0.710. The van der Waals surface area contributed by atoms with Crippen molar-refractivity contribution in [2.75, 3.05) is 20.3 Å². The van der Waals surface area contributed by atoms with Gasteiger partial charge in [0.25, 0.3) is 11.8 Å². The first-order valence-corrected chi connectivity index (χ1v) is 9.64. The second kappa shape index (κ2) is 10.6. The number of hydrogen-bond donors (Lipinski definition) is 2. The van der Waals surface area contributed by atoms with E-state index in [0.717, 1.165) is 5.56 Å². The van der Waals surface area contributed by atoms with Crippen molar-refractivity contribution in [1.82, 2.24) is 10.6 Å². The lowest BCUT2D eigenvalue weighted by molar-refractivity contribution is -0.133. The highest BCUT2D eigenvalue weighted by atomic mass is 16.5. The van der Waals surface area contributed by atoms with Crippen molar-refractivity contribution >= 4 is 11.8 Å². The van der Waals surface area contributed by atoms with Gasteiger partial charge in [-0.15, -0.1) is 0 Å². The van der Waals surface area contributed by atoms with Crippen LogP contribution in [0.5, 0.6) is 5.75 Å². The average molecular weight is 399 g/mol. The molecule has 0 spiro atoms. The Kier molecular flexibility index (Phi) is 8.21.